The molecule has 176 valence electrons. The van der Waals surface area contributed by atoms with Crippen LogP contribution in [0.2, 0.25) is 0 Å². The maximum Gasteiger partial charge on any atom is 0.309 e. The number of ketones is 1. The standard InChI is InChI=1S/C29H30FNO3/c1-5-26(32)24-16-22(21-9-7-8-10-23(21)30)28-18(4)27(17(3)15-25(28)31-24)19-11-13-20(14-12-19)29(33)34-6-2/h7-11,15-16,20H,5-6,12-14H2,1-4H3. The molecule has 1 aliphatic rings. The lowest BCUT2D eigenvalue weighted by molar-refractivity contribution is -0.148. The van der Waals surface area contributed by atoms with Crippen molar-refractivity contribution in [2.75, 3.05) is 6.61 Å². The first-order valence-electron chi connectivity index (χ1n) is 11.9. The Labute approximate surface area is 199 Å². The molecule has 1 aromatic heterocycles. The van der Waals surface area contributed by atoms with Crippen molar-refractivity contribution < 1.29 is 18.7 Å². The molecule has 3 aromatic rings. The fraction of sp³-hybridized carbons (Fsp3) is 0.345. The Hall–Kier alpha value is -3.34. The van der Waals surface area contributed by atoms with E-state index in [9.17, 15) is 14.0 Å². The largest absolute Gasteiger partial charge is 0.466 e. The van der Waals surface area contributed by atoms with E-state index in [2.05, 4.69) is 11.1 Å². The van der Waals surface area contributed by atoms with Crippen LogP contribution in [-0.2, 0) is 9.53 Å². The van der Waals surface area contributed by atoms with Crippen LogP contribution in [0.4, 0.5) is 4.39 Å². The van der Waals surface area contributed by atoms with E-state index in [0.29, 0.717) is 41.8 Å². The first-order chi connectivity index (χ1) is 16.3. The number of ether oxygens (including phenoxy) is 1. The third kappa shape index (κ3) is 4.39. The molecule has 0 saturated heterocycles. The SMILES string of the molecule is CCOC(=O)C1CC=C(c2c(C)cc3nc(C(=O)CC)cc(-c4ccccc4F)c3c2C)CC1. The molecule has 4 nitrogen and oxygen atoms in total. The number of esters is 1. The number of Topliss-reactive ketones (excluding diaryl/α,β-unsaturated/α-hetero) is 1. The van der Waals surface area contributed by atoms with Gasteiger partial charge in [-0.05, 0) is 86.1 Å². The van der Waals surface area contributed by atoms with Gasteiger partial charge in [0.2, 0.25) is 0 Å². The summed E-state index contributed by atoms with van der Waals surface area (Å²) in [5.41, 5.74) is 6.55. The third-order valence-electron chi connectivity index (χ3n) is 6.67. The summed E-state index contributed by atoms with van der Waals surface area (Å²) in [7, 11) is 0. The van der Waals surface area contributed by atoms with Crippen molar-refractivity contribution in [2.45, 2.75) is 53.4 Å². The van der Waals surface area contributed by atoms with Crippen molar-refractivity contribution in [3.8, 4) is 11.1 Å². The number of aryl methyl sites for hydroxylation is 2. The lowest BCUT2D eigenvalue weighted by atomic mass is 9.82. The van der Waals surface area contributed by atoms with E-state index >= 15 is 0 Å². The van der Waals surface area contributed by atoms with Crippen molar-refractivity contribution in [1.29, 1.82) is 0 Å². The molecule has 0 saturated carbocycles. The second-order valence-electron chi connectivity index (χ2n) is 8.85. The Morgan fingerprint density at radius 3 is 2.53 bits per heavy atom. The first-order valence-corrected chi connectivity index (χ1v) is 11.9. The average molecular weight is 460 g/mol. The van der Waals surface area contributed by atoms with Crippen LogP contribution in [0.5, 0.6) is 0 Å². The van der Waals surface area contributed by atoms with Gasteiger partial charge in [0.05, 0.1) is 18.0 Å². The predicted octanol–water partition coefficient (Wildman–Crippen LogP) is 7.00. The van der Waals surface area contributed by atoms with Gasteiger partial charge >= 0.3 is 5.97 Å². The predicted molar refractivity (Wildman–Crippen MR) is 133 cm³/mol. The molecule has 5 heteroatoms. The zero-order valence-corrected chi connectivity index (χ0v) is 20.2. The van der Waals surface area contributed by atoms with Crippen molar-refractivity contribution >= 4 is 28.2 Å². The number of pyridine rings is 1. The number of aromatic nitrogens is 1. The third-order valence-corrected chi connectivity index (χ3v) is 6.67. The van der Waals surface area contributed by atoms with Crippen molar-refractivity contribution in [3.05, 3.63) is 70.7 Å². The minimum Gasteiger partial charge on any atom is -0.466 e. The molecular weight excluding hydrogens is 429 g/mol. The molecule has 0 spiro atoms. The number of nitrogens with zero attached hydrogens (tertiary/aromatic N) is 1. The van der Waals surface area contributed by atoms with Gasteiger partial charge in [0, 0.05) is 17.4 Å². The summed E-state index contributed by atoms with van der Waals surface area (Å²) >= 11 is 0. The zero-order valence-electron chi connectivity index (χ0n) is 20.2. The Morgan fingerprint density at radius 2 is 1.88 bits per heavy atom. The van der Waals surface area contributed by atoms with Gasteiger partial charge in [0.15, 0.2) is 5.78 Å². The van der Waals surface area contributed by atoms with Crippen molar-refractivity contribution in [3.63, 3.8) is 0 Å². The minimum atomic E-state index is -0.333. The maximum atomic E-state index is 14.9. The molecular formula is C29H30FNO3. The molecule has 2 aromatic carbocycles. The van der Waals surface area contributed by atoms with Crippen LogP contribution < -0.4 is 0 Å². The Morgan fingerprint density at radius 1 is 1.12 bits per heavy atom. The minimum absolute atomic E-state index is 0.0705. The summed E-state index contributed by atoms with van der Waals surface area (Å²) < 4.78 is 20.1. The topological polar surface area (TPSA) is 56.3 Å². The van der Waals surface area contributed by atoms with Gasteiger partial charge in [-0.2, -0.15) is 0 Å². The highest BCUT2D eigenvalue weighted by Gasteiger charge is 2.26. The number of fused-ring (bicyclic) bond motifs is 1. The van der Waals surface area contributed by atoms with E-state index in [1.54, 1.807) is 31.2 Å². The van der Waals surface area contributed by atoms with Crippen molar-refractivity contribution in [1.82, 2.24) is 4.98 Å². The van der Waals surface area contributed by atoms with Gasteiger partial charge in [-0.15, -0.1) is 0 Å². The van der Waals surface area contributed by atoms with Gasteiger partial charge < -0.3 is 4.74 Å². The number of hydrogen-bond donors (Lipinski definition) is 0. The summed E-state index contributed by atoms with van der Waals surface area (Å²) in [6.45, 7) is 8.10. The second kappa shape index (κ2) is 9.88. The molecule has 1 unspecified atom stereocenters. The molecule has 0 bridgehead atoms. The lowest BCUT2D eigenvalue weighted by Gasteiger charge is -2.24. The number of halogens is 1. The number of benzene rings is 2. The summed E-state index contributed by atoms with van der Waals surface area (Å²) in [6.07, 6.45) is 4.63. The van der Waals surface area contributed by atoms with Crippen LogP contribution in [-0.4, -0.2) is 23.3 Å². The second-order valence-corrected chi connectivity index (χ2v) is 8.85. The van der Waals surface area contributed by atoms with Crippen LogP contribution in [0.1, 0.15) is 66.7 Å². The first kappa shape index (κ1) is 23.8. The van der Waals surface area contributed by atoms with Crippen LogP contribution in [0, 0.1) is 25.6 Å². The van der Waals surface area contributed by atoms with Crippen LogP contribution >= 0.6 is 0 Å². The number of carbonyl (C=O) groups excluding carboxylic acids is 2. The molecule has 1 aliphatic carbocycles. The fourth-order valence-corrected chi connectivity index (χ4v) is 5.01. The van der Waals surface area contributed by atoms with E-state index in [4.69, 9.17) is 4.74 Å². The molecule has 0 N–H and O–H groups in total. The fourth-order valence-electron chi connectivity index (χ4n) is 5.01. The van der Waals surface area contributed by atoms with Crippen molar-refractivity contribution in [2.24, 2.45) is 5.92 Å². The quantitative estimate of drug-likeness (QED) is 0.294. The molecule has 34 heavy (non-hydrogen) atoms. The monoisotopic (exact) mass is 459 g/mol. The number of rotatable bonds is 6. The van der Waals surface area contributed by atoms with Gasteiger partial charge in [-0.25, -0.2) is 9.37 Å². The van der Waals surface area contributed by atoms with Gasteiger partial charge in [0.1, 0.15) is 11.5 Å². The average Bonchev–Trinajstić information content (AvgIpc) is 2.83. The van der Waals surface area contributed by atoms with Gasteiger partial charge in [-0.1, -0.05) is 31.2 Å². The molecule has 0 aliphatic heterocycles. The highest BCUT2D eigenvalue weighted by Crippen LogP contribution is 2.40. The molecule has 1 atom stereocenters. The van der Waals surface area contributed by atoms with Crippen LogP contribution in [0.15, 0.2) is 42.5 Å². The van der Waals surface area contributed by atoms with E-state index in [-0.39, 0.29) is 23.5 Å². The normalized spacial score (nSPS) is 15.8. The summed E-state index contributed by atoms with van der Waals surface area (Å²) in [5, 5.41) is 0.853. The molecule has 4 rings (SSSR count). The highest BCUT2D eigenvalue weighted by molar-refractivity contribution is 6.05. The maximum absolute atomic E-state index is 14.9. The van der Waals surface area contributed by atoms with E-state index < -0.39 is 0 Å². The Kier molecular flexibility index (Phi) is 6.92. The number of carbonyl (C=O) groups is 2. The molecule has 0 fully saturated rings. The van der Waals surface area contributed by atoms with Crippen LogP contribution in [0.3, 0.4) is 0 Å². The number of hydrogen-bond acceptors (Lipinski definition) is 4. The Bertz CT molecular complexity index is 1310. The molecule has 1 heterocycles. The summed E-state index contributed by atoms with van der Waals surface area (Å²) in [5.74, 6) is -0.647. The number of allylic oxidation sites excluding steroid dienone is 2. The van der Waals surface area contributed by atoms with E-state index in [0.717, 1.165) is 34.9 Å². The summed E-state index contributed by atoms with van der Waals surface area (Å²) in [6, 6.07) is 10.4. The van der Waals surface area contributed by atoms with Gasteiger partial charge in [0.25, 0.3) is 0 Å². The van der Waals surface area contributed by atoms with E-state index in [1.165, 1.54) is 11.6 Å². The molecule has 0 amide bonds. The highest BCUT2D eigenvalue weighted by atomic mass is 19.1. The smallest absolute Gasteiger partial charge is 0.309 e. The lowest BCUT2D eigenvalue weighted by Crippen LogP contribution is -2.19. The van der Waals surface area contributed by atoms with Crippen LogP contribution in [0.25, 0.3) is 27.6 Å². The Balaban J connectivity index is 1.90. The van der Waals surface area contributed by atoms with Gasteiger partial charge in [-0.3, -0.25) is 9.59 Å². The molecule has 0 radical (unpaired) electrons. The summed E-state index contributed by atoms with van der Waals surface area (Å²) in [4.78, 5) is 29.4. The zero-order chi connectivity index (χ0) is 24.4. The van der Waals surface area contributed by atoms with E-state index in [1.807, 2.05) is 26.8 Å².